The highest BCUT2D eigenvalue weighted by Gasteiger charge is 2.28. The number of nitrogens with zero attached hydrogens (tertiary/aromatic N) is 4. The van der Waals surface area contributed by atoms with Gasteiger partial charge >= 0.3 is 0 Å². The largest absolute Gasteiger partial charge is 0.475 e. The summed E-state index contributed by atoms with van der Waals surface area (Å²) in [4.78, 5) is 23.4. The van der Waals surface area contributed by atoms with Gasteiger partial charge < -0.3 is 18.9 Å². The van der Waals surface area contributed by atoms with E-state index in [4.69, 9.17) is 9.47 Å². The number of pyridine rings is 1. The molecule has 2 aromatic rings. The molecule has 7 nitrogen and oxygen atoms in total. The molecule has 0 N–H and O–H groups in total. The van der Waals surface area contributed by atoms with E-state index in [1.165, 1.54) is 0 Å². The smallest absolute Gasteiger partial charge is 0.259 e. The summed E-state index contributed by atoms with van der Waals surface area (Å²) >= 11 is 0. The van der Waals surface area contributed by atoms with Gasteiger partial charge in [0.1, 0.15) is 18.0 Å². The molecular weight excluding hydrogens is 320 g/mol. The number of likely N-dealkylation sites (tertiary alicyclic amines) is 1. The van der Waals surface area contributed by atoms with E-state index in [0.29, 0.717) is 31.2 Å². The van der Waals surface area contributed by atoms with Gasteiger partial charge in [0.15, 0.2) is 0 Å². The lowest BCUT2D eigenvalue weighted by molar-refractivity contribution is 0.0670. The number of methoxy groups -OCH3 is 1. The molecule has 1 aliphatic heterocycles. The second kappa shape index (κ2) is 8.11. The van der Waals surface area contributed by atoms with Gasteiger partial charge in [-0.25, -0.2) is 9.97 Å². The minimum atomic E-state index is -0.0389. The summed E-state index contributed by atoms with van der Waals surface area (Å²) in [5.74, 6) is 1.30. The second-order valence-corrected chi connectivity index (χ2v) is 6.13. The van der Waals surface area contributed by atoms with Crippen LogP contribution < -0.4 is 4.74 Å². The summed E-state index contributed by atoms with van der Waals surface area (Å²) in [6, 6.07) is 3.79. The Balaban J connectivity index is 1.73. The Morgan fingerprint density at radius 1 is 1.32 bits per heavy atom. The van der Waals surface area contributed by atoms with Crippen LogP contribution in [0.5, 0.6) is 5.88 Å². The van der Waals surface area contributed by atoms with Crippen molar-refractivity contribution in [2.24, 2.45) is 0 Å². The van der Waals surface area contributed by atoms with Gasteiger partial charge in [0, 0.05) is 38.8 Å². The summed E-state index contributed by atoms with van der Waals surface area (Å²) in [5, 5.41) is 0. The fraction of sp³-hybridized carbons (Fsp3) is 0.500. The molecule has 0 aliphatic carbocycles. The molecule has 3 heterocycles. The molecule has 0 spiro atoms. The molecule has 0 unspecified atom stereocenters. The molecule has 2 aromatic heterocycles. The van der Waals surface area contributed by atoms with Crippen LogP contribution in [-0.2, 0) is 4.74 Å². The lowest BCUT2D eigenvalue weighted by Crippen LogP contribution is -2.41. The molecular formula is C18H24N4O3. The third kappa shape index (κ3) is 3.99. The predicted octanol–water partition coefficient (Wildman–Crippen LogP) is 2.09. The molecule has 0 bridgehead atoms. The van der Waals surface area contributed by atoms with Crippen LogP contribution in [0.15, 0.2) is 30.7 Å². The highest BCUT2D eigenvalue weighted by atomic mass is 16.5. The standard InChI is InChI=1S/C18H24N4O3/c1-14-19-8-10-22(14)15-5-4-9-21(13-15)18(23)16-6-3-7-20-17(16)25-12-11-24-2/h3,6-8,10,15H,4-5,9,11-13H2,1-2H3/t15-/m0/s1. The third-order valence-electron chi connectivity index (χ3n) is 4.47. The Labute approximate surface area is 147 Å². The van der Waals surface area contributed by atoms with Gasteiger partial charge in [-0.15, -0.1) is 0 Å². The maximum atomic E-state index is 13.0. The number of hydrogen-bond acceptors (Lipinski definition) is 5. The fourth-order valence-corrected chi connectivity index (χ4v) is 3.20. The first-order chi connectivity index (χ1) is 12.2. The van der Waals surface area contributed by atoms with E-state index in [-0.39, 0.29) is 11.9 Å². The molecule has 1 saturated heterocycles. The maximum Gasteiger partial charge on any atom is 0.259 e. The average molecular weight is 344 g/mol. The van der Waals surface area contributed by atoms with Crippen LogP contribution in [0.25, 0.3) is 0 Å². The first kappa shape index (κ1) is 17.4. The lowest BCUT2D eigenvalue weighted by Gasteiger charge is -2.34. The van der Waals surface area contributed by atoms with Crippen LogP contribution in [0.2, 0.25) is 0 Å². The predicted molar refractivity (Wildman–Crippen MR) is 92.7 cm³/mol. The summed E-state index contributed by atoms with van der Waals surface area (Å²) in [6.07, 6.45) is 7.43. The van der Waals surface area contributed by atoms with Crippen molar-refractivity contribution in [1.29, 1.82) is 0 Å². The minimum Gasteiger partial charge on any atom is -0.475 e. The molecule has 0 aromatic carbocycles. The molecule has 25 heavy (non-hydrogen) atoms. The normalized spacial score (nSPS) is 17.5. The van der Waals surface area contributed by atoms with Crippen molar-refractivity contribution in [3.63, 3.8) is 0 Å². The van der Waals surface area contributed by atoms with Crippen molar-refractivity contribution in [2.45, 2.75) is 25.8 Å². The number of ether oxygens (including phenoxy) is 2. The van der Waals surface area contributed by atoms with Crippen LogP contribution in [0, 0.1) is 6.92 Å². The number of amides is 1. The molecule has 3 rings (SSSR count). The first-order valence-corrected chi connectivity index (χ1v) is 8.56. The first-order valence-electron chi connectivity index (χ1n) is 8.56. The Kier molecular flexibility index (Phi) is 5.65. The summed E-state index contributed by atoms with van der Waals surface area (Å²) in [6.45, 7) is 4.22. The Bertz CT molecular complexity index is 716. The van der Waals surface area contributed by atoms with Gasteiger partial charge in [-0.05, 0) is 31.9 Å². The molecule has 7 heteroatoms. The van der Waals surface area contributed by atoms with Gasteiger partial charge in [-0.2, -0.15) is 0 Å². The molecule has 0 saturated carbocycles. The zero-order chi connectivity index (χ0) is 17.6. The SMILES string of the molecule is COCCOc1ncccc1C(=O)N1CCC[C@H](n2ccnc2C)C1. The molecule has 1 fully saturated rings. The molecule has 1 atom stereocenters. The van der Waals surface area contributed by atoms with E-state index in [9.17, 15) is 4.79 Å². The number of imidazole rings is 1. The number of carbonyl (C=O) groups is 1. The van der Waals surface area contributed by atoms with Crippen molar-refractivity contribution >= 4 is 5.91 Å². The van der Waals surface area contributed by atoms with Crippen molar-refractivity contribution in [3.8, 4) is 5.88 Å². The van der Waals surface area contributed by atoms with Crippen LogP contribution in [0.1, 0.15) is 35.1 Å². The van der Waals surface area contributed by atoms with Crippen LogP contribution in [-0.4, -0.2) is 58.8 Å². The number of aromatic nitrogens is 3. The van der Waals surface area contributed by atoms with Crippen LogP contribution >= 0.6 is 0 Å². The number of hydrogen-bond donors (Lipinski definition) is 0. The van der Waals surface area contributed by atoms with Crippen LogP contribution in [0.3, 0.4) is 0 Å². The van der Waals surface area contributed by atoms with Gasteiger partial charge in [-0.1, -0.05) is 0 Å². The molecule has 1 amide bonds. The highest BCUT2D eigenvalue weighted by Crippen LogP contribution is 2.25. The number of rotatable bonds is 6. The van der Waals surface area contributed by atoms with Gasteiger partial charge in [-0.3, -0.25) is 4.79 Å². The Morgan fingerprint density at radius 2 is 2.20 bits per heavy atom. The molecule has 1 aliphatic rings. The van der Waals surface area contributed by atoms with E-state index in [2.05, 4.69) is 14.5 Å². The summed E-state index contributed by atoms with van der Waals surface area (Å²) < 4.78 is 12.8. The van der Waals surface area contributed by atoms with Crippen LogP contribution in [0.4, 0.5) is 0 Å². The zero-order valence-electron chi connectivity index (χ0n) is 14.7. The van der Waals surface area contributed by atoms with E-state index >= 15 is 0 Å². The van der Waals surface area contributed by atoms with Gasteiger partial charge in [0.2, 0.25) is 5.88 Å². The average Bonchev–Trinajstić information content (AvgIpc) is 3.08. The zero-order valence-corrected chi connectivity index (χ0v) is 14.7. The number of piperidine rings is 1. The van der Waals surface area contributed by atoms with E-state index < -0.39 is 0 Å². The van der Waals surface area contributed by atoms with E-state index in [1.54, 1.807) is 31.6 Å². The van der Waals surface area contributed by atoms with E-state index in [1.807, 2.05) is 18.0 Å². The quantitative estimate of drug-likeness (QED) is 0.751. The lowest BCUT2D eigenvalue weighted by atomic mass is 10.0. The Morgan fingerprint density at radius 3 is 2.96 bits per heavy atom. The highest BCUT2D eigenvalue weighted by molar-refractivity contribution is 5.96. The minimum absolute atomic E-state index is 0.0389. The number of carbonyl (C=O) groups excluding carboxylic acids is 1. The summed E-state index contributed by atoms with van der Waals surface area (Å²) in [7, 11) is 1.61. The van der Waals surface area contributed by atoms with Crippen molar-refractivity contribution in [3.05, 3.63) is 42.1 Å². The molecule has 134 valence electrons. The number of aryl methyl sites for hydroxylation is 1. The van der Waals surface area contributed by atoms with Crippen molar-refractivity contribution in [1.82, 2.24) is 19.4 Å². The van der Waals surface area contributed by atoms with Gasteiger partial charge in [0.25, 0.3) is 5.91 Å². The van der Waals surface area contributed by atoms with E-state index in [0.717, 1.165) is 25.2 Å². The topological polar surface area (TPSA) is 69.5 Å². The Hall–Kier alpha value is -2.41. The fourth-order valence-electron chi connectivity index (χ4n) is 3.20. The molecule has 0 radical (unpaired) electrons. The van der Waals surface area contributed by atoms with Crippen molar-refractivity contribution < 1.29 is 14.3 Å². The summed E-state index contributed by atoms with van der Waals surface area (Å²) in [5.41, 5.74) is 0.501. The third-order valence-corrected chi connectivity index (χ3v) is 4.47. The second-order valence-electron chi connectivity index (χ2n) is 6.13. The maximum absolute atomic E-state index is 13.0. The monoisotopic (exact) mass is 344 g/mol. The van der Waals surface area contributed by atoms with Crippen molar-refractivity contribution in [2.75, 3.05) is 33.4 Å². The van der Waals surface area contributed by atoms with Gasteiger partial charge in [0.05, 0.1) is 12.6 Å².